The minimum atomic E-state index is -0.690. The Morgan fingerprint density at radius 1 is 1.32 bits per heavy atom. The van der Waals surface area contributed by atoms with E-state index in [9.17, 15) is 9.59 Å². The van der Waals surface area contributed by atoms with Crippen LogP contribution in [-0.4, -0.2) is 18.1 Å². The van der Waals surface area contributed by atoms with Crippen LogP contribution >= 0.6 is 23.2 Å². The summed E-state index contributed by atoms with van der Waals surface area (Å²) >= 11 is 12.1. The smallest absolute Gasteiger partial charge is 0.338 e. The van der Waals surface area contributed by atoms with Crippen LogP contribution in [0.15, 0.2) is 29.5 Å². The van der Waals surface area contributed by atoms with Crippen LogP contribution in [0.25, 0.3) is 0 Å². The topological polar surface area (TPSA) is 67.4 Å². The molecule has 1 aliphatic heterocycles. The van der Waals surface area contributed by atoms with Crippen molar-refractivity contribution in [2.45, 2.75) is 32.9 Å². The van der Waals surface area contributed by atoms with E-state index in [0.29, 0.717) is 26.9 Å². The van der Waals surface area contributed by atoms with E-state index >= 15 is 0 Å². The lowest BCUT2D eigenvalue weighted by molar-refractivity contribution is -0.143. The zero-order valence-corrected chi connectivity index (χ0v) is 13.9. The highest BCUT2D eigenvalue weighted by molar-refractivity contribution is 6.35. The highest BCUT2D eigenvalue weighted by atomic mass is 35.5. The van der Waals surface area contributed by atoms with Crippen molar-refractivity contribution in [3.8, 4) is 0 Å². The molecule has 1 aromatic carbocycles. The predicted molar refractivity (Wildman–Crippen MR) is 84.8 cm³/mol. The third-order valence-corrected chi connectivity index (χ3v) is 3.67. The van der Waals surface area contributed by atoms with Crippen LogP contribution in [0.2, 0.25) is 10.0 Å². The lowest BCUT2D eigenvalue weighted by Crippen LogP contribution is -2.45. The van der Waals surface area contributed by atoms with Gasteiger partial charge in [0.15, 0.2) is 0 Å². The number of urea groups is 1. The van der Waals surface area contributed by atoms with Crippen molar-refractivity contribution in [1.82, 2.24) is 10.6 Å². The van der Waals surface area contributed by atoms with Crippen molar-refractivity contribution in [1.29, 1.82) is 0 Å². The van der Waals surface area contributed by atoms with Crippen LogP contribution in [-0.2, 0) is 9.53 Å². The molecule has 1 heterocycles. The van der Waals surface area contributed by atoms with Crippen molar-refractivity contribution < 1.29 is 14.3 Å². The summed E-state index contributed by atoms with van der Waals surface area (Å²) in [7, 11) is 0. The molecule has 7 heteroatoms. The molecule has 0 saturated carbocycles. The molecule has 2 rings (SSSR count). The molecule has 0 aliphatic carbocycles. The third-order valence-electron chi connectivity index (χ3n) is 3.11. The maximum Gasteiger partial charge on any atom is 0.338 e. The Morgan fingerprint density at radius 3 is 2.59 bits per heavy atom. The summed E-state index contributed by atoms with van der Waals surface area (Å²) in [4.78, 5) is 24.1. The van der Waals surface area contributed by atoms with Gasteiger partial charge in [0.2, 0.25) is 0 Å². The summed E-state index contributed by atoms with van der Waals surface area (Å²) in [6.07, 6.45) is -0.272. The number of nitrogens with one attached hydrogen (secondary N) is 2. The molecule has 1 aromatic rings. The molecule has 118 valence electrons. The molecular weight excluding hydrogens is 327 g/mol. The third kappa shape index (κ3) is 3.54. The van der Waals surface area contributed by atoms with Crippen molar-refractivity contribution in [3.63, 3.8) is 0 Å². The summed E-state index contributed by atoms with van der Waals surface area (Å²) in [6.45, 7) is 5.16. The van der Waals surface area contributed by atoms with Crippen LogP contribution in [0.1, 0.15) is 32.4 Å². The lowest BCUT2D eigenvalue weighted by Gasteiger charge is -2.29. The second kappa shape index (κ2) is 6.58. The minimum Gasteiger partial charge on any atom is -0.459 e. The number of halogens is 2. The van der Waals surface area contributed by atoms with Gasteiger partial charge >= 0.3 is 12.0 Å². The highest BCUT2D eigenvalue weighted by Crippen LogP contribution is 2.33. The van der Waals surface area contributed by atoms with E-state index in [-0.39, 0.29) is 6.10 Å². The number of hydrogen-bond donors (Lipinski definition) is 2. The van der Waals surface area contributed by atoms with Gasteiger partial charge in [-0.3, -0.25) is 0 Å². The zero-order chi connectivity index (χ0) is 16.4. The fourth-order valence-electron chi connectivity index (χ4n) is 2.21. The largest absolute Gasteiger partial charge is 0.459 e. The van der Waals surface area contributed by atoms with Crippen molar-refractivity contribution in [3.05, 3.63) is 45.1 Å². The van der Waals surface area contributed by atoms with E-state index in [4.69, 9.17) is 27.9 Å². The molecular formula is C15H16Cl2N2O3. The number of esters is 1. The quantitative estimate of drug-likeness (QED) is 0.825. The fraction of sp³-hybridized carbons (Fsp3) is 0.333. The molecule has 2 N–H and O–H groups in total. The maximum atomic E-state index is 12.3. The van der Waals surface area contributed by atoms with Crippen molar-refractivity contribution >= 4 is 35.2 Å². The van der Waals surface area contributed by atoms with Gasteiger partial charge in [-0.2, -0.15) is 0 Å². The number of carbonyl (C=O) groups is 2. The Hall–Kier alpha value is -1.72. The van der Waals surface area contributed by atoms with Gasteiger partial charge in [0, 0.05) is 15.7 Å². The molecule has 0 radical (unpaired) electrons. The molecule has 0 unspecified atom stereocenters. The monoisotopic (exact) mass is 342 g/mol. The van der Waals surface area contributed by atoms with E-state index in [1.807, 2.05) is 0 Å². The minimum absolute atomic E-state index is 0.272. The van der Waals surface area contributed by atoms with Crippen LogP contribution in [0.5, 0.6) is 0 Å². The first-order valence-electron chi connectivity index (χ1n) is 6.73. The predicted octanol–water partition coefficient (Wildman–Crippen LogP) is 3.57. The van der Waals surface area contributed by atoms with Gasteiger partial charge in [0.05, 0.1) is 17.7 Å². The second-order valence-electron chi connectivity index (χ2n) is 5.19. The Balaban J connectivity index is 2.48. The fourth-order valence-corrected chi connectivity index (χ4v) is 2.73. The summed E-state index contributed by atoms with van der Waals surface area (Å²) in [5.74, 6) is -0.504. The van der Waals surface area contributed by atoms with Crippen molar-refractivity contribution in [2.75, 3.05) is 0 Å². The van der Waals surface area contributed by atoms with Crippen LogP contribution in [0, 0.1) is 0 Å². The van der Waals surface area contributed by atoms with Gasteiger partial charge in [-0.15, -0.1) is 0 Å². The summed E-state index contributed by atoms with van der Waals surface area (Å²) in [5, 5.41) is 6.10. The number of carbonyl (C=O) groups excluding carboxylic acids is 2. The first-order chi connectivity index (χ1) is 10.3. The molecule has 0 fully saturated rings. The average molecular weight is 343 g/mol. The number of ether oxygens (including phenoxy) is 1. The van der Waals surface area contributed by atoms with Gasteiger partial charge in [-0.25, -0.2) is 9.59 Å². The van der Waals surface area contributed by atoms with Crippen LogP contribution < -0.4 is 10.6 Å². The number of benzene rings is 1. The zero-order valence-electron chi connectivity index (χ0n) is 12.4. The molecule has 0 spiro atoms. The first-order valence-corrected chi connectivity index (χ1v) is 7.49. The summed E-state index contributed by atoms with van der Waals surface area (Å²) in [6, 6.07) is 3.79. The number of allylic oxidation sites excluding steroid dienone is 1. The van der Waals surface area contributed by atoms with Gasteiger partial charge in [-0.05, 0) is 38.5 Å². The van der Waals surface area contributed by atoms with E-state index in [1.54, 1.807) is 39.0 Å². The summed E-state index contributed by atoms with van der Waals surface area (Å²) in [5.41, 5.74) is 1.33. The number of amides is 2. The summed E-state index contributed by atoms with van der Waals surface area (Å²) < 4.78 is 5.25. The van der Waals surface area contributed by atoms with Crippen molar-refractivity contribution in [2.24, 2.45) is 0 Å². The molecule has 0 bridgehead atoms. The number of rotatable bonds is 3. The Labute approximate surface area is 138 Å². The van der Waals surface area contributed by atoms with Crippen LogP contribution in [0.4, 0.5) is 4.79 Å². The SMILES string of the molecule is CC1=C(C(=O)OC(C)C)[C@@H](c2ccc(Cl)cc2Cl)NC(=O)N1. The average Bonchev–Trinajstić information content (AvgIpc) is 2.36. The number of hydrogen-bond acceptors (Lipinski definition) is 3. The van der Waals surface area contributed by atoms with E-state index < -0.39 is 18.0 Å². The molecule has 1 aliphatic rings. The van der Waals surface area contributed by atoms with E-state index in [1.165, 1.54) is 0 Å². The second-order valence-corrected chi connectivity index (χ2v) is 6.03. The Kier molecular flexibility index (Phi) is 4.98. The van der Waals surface area contributed by atoms with Gasteiger partial charge in [0.25, 0.3) is 0 Å². The standard InChI is InChI=1S/C15H16Cl2N2O3/c1-7(2)22-14(20)12-8(3)18-15(21)19-13(12)10-5-4-9(16)6-11(10)17/h4-7,13H,1-3H3,(H2,18,19,21)/t13-/m1/s1. The Morgan fingerprint density at radius 2 is 2.00 bits per heavy atom. The highest BCUT2D eigenvalue weighted by Gasteiger charge is 2.33. The molecule has 22 heavy (non-hydrogen) atoms. The molecule has 0 aromatic heterocycles. The Bertz CT molecular complexity index is 656. The molecule has 1 atom stereocenters. The van der Waals surface area contributed by atoms with Gasteiger partial charge < -0.3 is 15.4 Å². The normalized spacial score (nSPS) is 18.1. The lowest BCUT2D eigenvalue weighted by atomic mass is 9.95. The van der Waals surface area contributed by atoms with E-state index in [2.05, 4.69) is 10.6 Å². The van der Waals surface area contributed by atoms with Crippen LogP contribution in [0.3, 0.4) is 0 Å². The molecule has 0 saturated heterocycles. The first kappa shape index (κ1) is 16.6. The molecule has 5 nitrogen and oxygen atoms in total. The van der Waals surface area contributed by atoms with Gasteiger partial charge in [0.1, 0.15) is 0 Å². The maximum absolute atomic E-state index is 12.3. The molecule has 2 amide bonds. The van der Waals surface area contributed by atoms with E-state index in [0.717, 1.165) is 0 Å². The van der Waals surface area contributed by atoms with Gasteiger partial charge in [-0.1, -0.05) is 29.3 Å².